The minimum absolute atomic E-state index is 0.150. The zero-order valence-corrected chi connectivity index (χ0v) is 10.9. The second kappa shape index (κ2) is 7.51. The van der Waals surface area contributed by atoms with Crippen LogP contribution in [0.1, 0.15) is 41.6 Å². The average Bonchev–Trinajstić information content (AvgIpc) is 2.36. The van der Waals surface area contributed by atoms with Crippen LogP contribution in [0.3, 0.4) is 0 Å². The highest BCUT2D eigenvalue weighted by Gasteiger charge is 2.09. The number of carboxylic acids is 1. The summed E-state index contributed by atoms with van der Waals surface area (Å²) in [6, 6.07) is 4.10. The number of unbranched alkanes of at least 4 members (excludes halogenated alkanes) is 2. The van der Waals surface area contributed by atoms with Gasteiger partial charge in [0.2, 0.25) is 0 Å². The fourth-order valence-electron chi connectivity index (χ4n) is 1.71. The Labute approximate surface area is 111 Å². The Morgan fingerprint density at radius 1 is 1.26 bits per heavy atom. The summed E-state index contributed by atoms with van der Waals surface area (Å²) in [5, 5.41) is 11.2. The second-order valence-corrected chi connectivity index (χ2v) is 4.42. The van der Waals surface area contributed by atoms with Crippen molar-refractivity contribution in [3.63, 3.8) is 0 Å². The first-order valence-electron chi connectivity index (χ1n) is 6.27. The first-order chi connectivity index (χ1) is 9.00. The van der Waals surface area contributed by atoms with Crippen molar-refractivity contribution in [3.8, 4) is 0 Å². The Kier molecular flexibility index (Phi) is 5.99. The Balaban J connectivity index is 2.31. The van der Waals surface area contributed by atoms with Gasteiger partial charge >= 0.3 is 5.97 Å². The number of rotatable bonds is 7. The van der Waals surface area contributed by atoms with Crippen molar-refractivity contribution in [3.05, 3.63) is 35.1 Å². The van der Waals surface area contributed by atoms with Crippen LogP contribution in [0.5, 0.6) is 0 Å². The molecular formula is C14H18FNO3. The molecule has 1 amide bonds. The molecule has 104 valence electrons. The van der Waals surface area contributed by atoms with E-state index in [1.54, 1.807) is 13.0 Å². The molecule has 19 heavy (non-hydrogen) atoms. The molecule has 0 saturated heterocycles. The van der Waals surface area contributed by atoms with E-state index in [1.165, 1.54) is 12.1 Å². The summed E-state index contributed by atoms with van der Waals surface area (Å²) in [4.78, 5) is 22.1. The normalized spacial score (nSPS) is 10.2. The first kappa shape index (κ1) is 15.1. The maximum Gasteiger partial charge on any atom is 0.303 e. The molecule has 1 rings (SSSR count). The number of carboxylic acid groups (broad SMARTS) is 1. The quantitative estimate of drug-likeness (QED) is 0.746. The van der Waals surface area contributed by atoms with Crippen LogP contribution in [-0.4, -0.2) is 23.5 Å². The van der Waals surface area contributed by atoms with Crippen molar-refractivity contribution in [1.82, 2.24) is 5.32 Å². The number of benzene rings is 1. The Morgan fingerprint density at radius 2 is 2.00 bits per heavy atom. The number of amides is 1. The van der Waals surface area contributed by atoms with Crippen LogP contribution in [0, 0.1) is 12.7 Å². The summed E-state index contributed by atoms with van der Waals surface area (Å²) in [6.07, 6.45) is 2.21. The van der Waals surface area contributed by atoms with Crippen LogP contribution < -0.4 is 5.32 Å². The molecule has 0 aromatic heterocycles. The Bertz CT molecular complexity index is 460. The van der Waals surface area contributed by atoms with Gasteiger partial charge in [0.15, 0.2) is 0 Å². The van der Waals surface area contributed by atoms with E-state index in [4.69, 9.17) is 5.11 Å². The molecule has 1 aromatic carbocycles. The molecule has 0 aliphatic heterocycles. The maximum atomic E-state index is 13.0. The van der Waals surface area contributed by atoms with E-state index in [1.807, 2.05) is 0 Å². The highest BCUT2D eigenvalue weighted by Crippen LogP contribution is 2.10. The van der Waals surface area contributed by atoms with Gasteiger partial charge in [0, 0.05) is 18.5 Å². The molecule has 0 bridgehead atoms. The molecule has 4 nitrogen and oxygen atoms in total. The predicted molar refractivity (Wildman–Crippen MR) is 69.6 cm³/mol. The number of hydrogen-bond acceptors (Lipinski definition) is 2. The summed E-state index contributed by atoms with van der Waals surface area (Å²) >= 11 is 0. The molecule has 2 N–H and O–H groups in total. The monoisotopic (exact) mass is 267 g/mol. The summed E-state index contributed by atoms with van der Waals surface area (Å²) in [7, 11) is 0. The van der Waals surface area contributed by atoms with Gasteiger partial charge in [0.1, 0.15) is 5.82 Å². The molecule has 0 atom stereocenters. The topological polar surface area (TPSA) is 66.4 Å². The van der Waals surface area contributed by atoms with Gasteiger partial charge in [-0.25, -0.2) is 4.39 Å². The molecule has 0 aliphatic carbocycles. The van der Waals surface area contributed by atoms with Gasteiger partial charge < -0.3 is 10.4 Å². The van der Waals surface area contributed by atoms with E-state index < -0.39 is 11.8 Å². The summed E-state index contributed by atoms with van der Waals surface area (Å²) in [5.74, 6) is -1.54. The second-order valence-electron chi connectivity index (χ2n) is 4.42. The number of carbonyl (C=O) groups excluding carboxylic acids is 1. The average molecular weight is 267 g/mol. The molecule has 5 heteroatoms. The van der Waals surface area contributed by atoms with Crippen molar-refractivity contribution >= 4 is 11.9 Å². The van der Waals surface area contributed by atoms with Gasteiger partial charge in [0.25, 0.3) is 5.91 Å². The highest BCUT2D eigenvalue weighted by atomic mass is 19.1. The predicted octanol–water partition coefficient (Wildman–Crippen LogP) is 2.51. The number of nitrogens with one attached hydrogen (secondary N) is 1. The van der Waals surface area contributed by atoms with Gasteiger partial charge in [-0.2, -0.15) is 0 Å². The molecule has 0 heterocycles. The molecule has 0 radical (unpaired) electrons. The molecule has 0 unspecified atom stereocenters. The molecule has 0 spiro atoms. The lowest BCUT2D eigenvalue weighted by molar-refractivity contribution is -0.137. The van der Waals surface area contributed by atoms with Gasteiger partial charge in [-0.05, 0) is 37.5 Å². The summed E-state index contributed by atoms with van der Waals surface area (Å²) in [5.41, 5.74) is 1.07. The lowest BCUT2D eigenvalue weighted by Gasteiger charge is -2.07. The molecule has 0 saturated carbocycles. The van der Waals surface area contributed by atoms with E-state index in [0.717, 1.165) is 12.0 Å². The van der Waals surface area contributed by atoms with Crippen LogP contribution >= 0.6 is 0 Å². The van der Waals surface area contributed by atoms with Gasteiger partial charge in [0.05, 0.1) is 0 Å². The Hall–Kier alpha value is -1.91. The van der Waals surface area contributed by atoms with E-state index in [2.05, 4.69) is 5.32 Å². The van der Waals surface area contributed by atoms with Crippen LogP contribution in [0.2, 0.25) is 0 Å². The van der Waals surface area contributed by atoms with Crippen molar-refractivity contribution < 1.29 is 19.1 Å². The van der Waals surface area contributed by atoms with E-state index >= 15 is 0 Å². The molecule has 1 aromatic rings. The third-order valence-corrected chi connectivity index (χ3v) is 2.80. The van der Waals surface area contributed by atoms with Crippen molar-refractivity contribution in [2.75, 3.05) is 6.54 Å². The van der Waals surface area contributed by atoms with Crippen LogP contribution in [0.25, 0.3) is 0 Å². The van der Waals surface area contributed by atoms with E-state index in [0.29, 0.717) is 24.9 Å². The molecule has 0 aliphatic rings. The molecule has 0 fully saturated rings. The number of halogens is 1. The number of carbonyl (C=O) groups is 2. The number of aliphatic carboxylic acids is 1. The van der Waals surface area contributed by atoms with Gasteiger partial charge in [-0.1, -0.05) is 12.5 Å². The fourth-order valence-corrected chi connectivity index (χ4v) is 1.71. The Morgan fingerprint density at radius 3 is 2.68 bits per heavy atom. The zero-order valence-electron chi connectivity index (χ0n) is 10.9. The van der Waals surface area contributed by atoms with Crippen LogP contribution in [0.15, 0.2) is 18.2 Å². The maximum absolute atomic E-state index is 13.0. The summed E-state index contributed by atoms with van der Waals surface area (Å²) < 4.78 is 13.0. The van der Waals surface area contributed by atoms with Crippen molar-refractivity contribution in [2.24, 2.45) is 0 Å². The smallest absolute Gasteiger partial charge is 0.303 e. The van der Waals surface area contributed by atoms with Crippen LogP contribution in [-0.2, 0) is 4.79 Å². The fraction of sp³-hybridized carbons (Fsp3) is 0.429. The summed E-state index contributed by atoms with van der Waals surface area (Å²) in [6.45, 7) is 2.22. The lowest BCUT2D eigenvalue weighted by atomic mass is 10.1. The SMILES string of the molecule is Cc1ccc(F)cc1C(=O)NCCCCCC(=O)O. The number of aryl methyl sites for hydroxylation is 1. The van der Waals surface area contributed by atoms with E-state index in [-0.39, 0.29) is 12.3 Å². The third-order valence-electron chi connectivity index (χ3n) is 2.80. The lowest BCUT2D eigenvalue weighted by Crippen LogP contribution is -2.25. The first-order valence-corrected chi connectivity index (χ1v) is 6.27. The number of hydrogen-bond donors (Lipinski definition) is 2. The third kappa shape index (κ3) is 5.50. The van der Waals surface area contributed by atoms with Crippen LogP contribution in [0.4, 0.5) is 4.39 Å². The largest absolute Gasteiger partial charge is 0.481 e. The zero-order chi connectivity index (χ0) is 14.3. The van der Waals surface area contributed by atoms with Crippen molar-refractivity contribution in [2.45, 2.75) is 32.6 Å². The van der Waals surface area contributed by atoms with Gasteiger partial charge in [-0.15, -0.1) is 0 Å². The van der Waals surface area contributed by atoms with Crippen molar-refractivity contribution in [1.29, 1.82) is 0 Å². The minimum Gasteiger partial charge on any atom is -0.481 e. The molecular weight excluding hydrogens is 249 g/mol. The highest BCUT2D eigenvalue weighted by molar-refractivity contribution is 5.95. The van der Waals surface area contributed by atoms with Gasteiger partial charge in [-0.3, -0.25) is 9.59 Å². The van der Waals surface area contributed by atoms with E-state index in [9.17, 15) is 14.0 Å². The minimum atomic E-state index is -0.806. The standard InChI is InChI=1S/C14H18FNO3/c1-10-6-7-11(15)9-12(10)14(19)16-8-4-2-3-5-13(17)18/h6-7,9H,2-5,8H2,1H3,(H,16,19)(H,17,18).